The van der Waals surface area contributed by atoms with Gasteiger partial charge in [-0.05, 0) is 18.2 Å². The number of carbonyl (C=O) groups excluding carboxylic acids is 1. The van der Waals surface area contributed by atoms with Gasteiger partial charge in [-0.2, -0.15) is 0 Å². The zero-order chi connectivity index (χ0) is 18.7. The van der Waals surface area contributed by atoms with E-state index in [-0.39, 0.29) is 38.3 Å². The van der Waals surface area contributed by atoms with Gasteiger partial charge in [0.2, 0.25) is 0 Å². The minimum atomic E-state index is -1.26. The molecule has 1 amide bonds. The number of ether oxygens (including phenoxy) is 1. The van der Waals surface area contributed by atoms with Crippen LogP contribution in [-0.4, -0.2) is 29.0 Å². The van der Waals surface area contributed by atoms with Gasteiger partial charge in [0, 0.05) is 12.1 Å². The number of methoxy groups -OCH3 is 1. The van der Waals surface area contributed by atoms with Gasteiger partial charge in [-0.25, -0.2) is 4.79 Å². The first-order valence-corrected chi connectivity index (χ1v) is 7.36. The van der Waals surface area contributed by atoms with Crippen molar-refractivity contribution in [1.82, 2.24) is 0 Å². The van der Waals surface area contributed by atoms with Crippen LogP contribution in [-0.2, 0) is 0 Å². The number of aromatic carboxylic acids is 1. The number of nitro groups is 1. The van der Waals surface area contributed by atoms with Crippen LogP contribution in [0, 0.1) is 10.1 Å². The van der Waals surface area contributed by atoms with Crippen LogP contribution < -0.4 is 10.1 Å². The Bertz CT molecular complexity index is 885. The van der Waals surface area contributed by atoms with Crippen molar-refractivity contribution in [2.75, 3.05) is 12.4 Å². The second-order valence-corrected chi connectivity index (χ2v) is 5.53. The van der Waals surface area contributed by atoms with E-state index in [1.807, 2.05) is 0 Å². The van der Waals surface area contributed by atoms with Crippen molar-refractivity contribution < 1.29 is 24.4 Å². The Hall–Kier alpha value is -2.84. The number of hydrogen-bond donors (Lipinski definition) is 2. The number of benzene rings is 2. The SMILES string of the molecule is COc1c(Cl)cc(C(=O)O)cc1NC(=O)c1cc([N+](=O)[O-])ccc1Cl. The van der Waals surface area contributed by atoms with Gasteiger partial charge in [0.1, 0.15) is 0 Å². The van der Waals surface area contributed by atoms with Gasteiger partial charge in [-0.15, -0.1) is 0 Å². The fourth-order valence-electron chi connectivity index (χ4n) is 2.01. The molecule has 0 aliphatic carbocycles. The minimum absolute atomic E-state index is 0.0115. The summed E-state index contributed by atoms with van der Waals surface area (Å²) in [5, 5.41) is 22.3. The molecule has 130 valence electrons. The molecule has 8 nitrogen and oxygen atoms in total. The normalized spacial score (nSPS) is 10.2. The van der Waals surface area contributed by atoms with Crippen LogP contribution in [0.2, 0.25) is 10.0 Å². The van der Waals surface area contributed by atoms with Crippen molar-refractivity contribution in [3.63, 3.8) is 0 Å². The number of anilines is 1. The second-order valence-electron chi connectivity index (χ2n) is 4.72. The van der Waals surface area contributed by atoms with Crippen LogP contribution in [0.25, 0.3) is 0 Å². The lowest BCUT2D eigenvalue weighted by Gasteiger charge is -2.13. The summed E-state index contributed by atoms with van der Waals surface area (Å²) in [6.45, 7) is 0. The molecule has 0 unspecified atom stereocenters. The molecule has 2 rings (SSSR count). The van der Waals surface area contributed by atoms with E-state index in [9.17, 15) is 19.7 Å². The molecule has 0 heterocycles. The summed E-state index contributed by atoms with van der Waals surface area (Å²) < 4.78 is 5.06. The third-order valence-electron chi connectivity index (χ3n) is 3.15. The minimum Gasteiger partial charge on any atom is -0.493 e. The molecular weight excluding hydrogens is 375 g/mol. The zero-order valence-electron chi connectivity index (χ0n) is 12.6. The molecule has 0 saturated carbocycles. The number of carbonyl (C=O) groups is 2. The molecule has 0 aliphatic rings. The Morgan fingerprint density at radius 3 is 2.44 bits per heavy atom. The summed E-state index contributed by atoms with van der Waals surface area (Å²) in [5.74, 6) is -2.00. The van der Waals surface area contributed by atoms with Crippen molar-refractivity contribution in [3.05, 3.63) is 61.6 Å². The summed E-state index contributed by atoms with van der Waals surface area (Å²) in [6.07, 6.45) is 0. The van der Waals surface area contributed by atoms with Gasteiger partial charge in [0.05, 0.1) is 38.9 Å². The zero-order valence-corrected chi connectivity index (χ0v) is 14.1. The van der Waals surface area contributed by atoms with E-state index in [1.54, 1.807) is 0 Å². The van der Waals surface area contributed by atoms with Crippen LogP contribution in [0.15, 0.2) is 30.3 Å². The lowest BCUT2D eigenvalue weighted by molar-refractivity contribution is -0.384. The van der Waals surface area contributed by atoms with E-state index >= 15 is 0 Å². The first-order valence-electron chi connectivity index (χ1n) is 6.60. The molecular formula is C15H10Cl2N2O6. The number of non-ortho nitro benzene ring substituents is 1. The fourth-order valence-corrected chi connectivity index (χ4v) is 2.51. The molecule has 0 aliphatic heterocycles. The average molecular weight is 385 g/mol. The summed E-state index contributed by atoms with van der Waals surface area (Å²) in [5.41, 5.74) is -0.667. The molecule has 2 aromatic carbocycles. The summed E-state index contributed by atoms with van der Waals surface area (Å²) in [6, 6.07) is 5.69. The first kappa shape index (κ1) is 18.5. The molecule has 0 fully saturated rings. The van der Waals surface area contributed by atoms with Crippen molar-refractivity contribution in [3.8, 4) is 5.75 Å². The van der Waals surface area contributed by atoms with Gasteiger partial charge < -0.3 is 15.2 Å². The molecule has 0 bridgehead atoms. The van der Waals surface area contributed by atoms with Gasteiger partial charge in [-0.3, -0.25) is 14.9 Å². The maximum absolute atomic E-state index is 12.4. The topological polar surface area (TPSA) is 119 Å². The fraction of sp³-hybridized carbons (Fsp3) is 0.0667. The highest BCUT2D eigenvalue weighted by Crippen LogP contribution is 2.35. The smallest absolute Gasteiger partial charge is 0.335 e. The average Bonchev–Trinajstić information content (AvgIpc) is 2.54. The van der Waals surface area contributed by atoms with Crippen LogP contribution in [0.5, 0.6) is 5.75 Å². The second kappa shape index (κ2) is 7.37. The number of halogens is 2. The van der Waals surface area contributed by atoms with Crippen LogP contribution in [0.4, 0.5) is 11.4 Å². The van der Waals surface area contributed by atoms with Crippen molar-refractivity contribution in [2.45, 2.75) is 0 Å². The number of amides is 1. The van der Waals surface area contributed by atoms with Crippen LogP contribution >= 0.6 is 23.2 Å². The number of rotatable bonds is 5. The van der Waals surface area contributed by atoms with E-state index in [0.717, 1.165) is 18.2 Å². The number of hydrogen-bond acceptors (Lipinski definition) is 5. The third-order valence-corrected chi connectivity index (χ3v) is 3.76. The van der Waals surface area contributed by atoms with Crippen molar-refractivity contribution >= 4 is 46.5 Å². The number of carboxylic acids is 1. The Morgan fingerprint density at radius 1 is 1.20 bits per heavy atom. The van der Waals surface area contributed by atoms with Gasteiger partial charge >= 0.3 is 5.97 Å². The van der Waals surface area contributed by atoms with Gasteiger partial charge in [-0.1, -0.05) is 23.2 Å². The molecule has 2 aromatic rings. The monoisotopic (exact) mass is 384 g/mol. The predicted molar refractivity (Wildman–Crippen MR) is 91.0 cm³/mol. The van der Waals surface area contributed by atoms with Gasteiger partial charge in [0.15, 0.2) is 5.75 Å². The molecule has 2 N–H and O–H groups in total. The Morgan fingerprint density at radius 2 is 1.88 bits per heavy atom. The van der Waals surface area contributed by atoms with E-state index in [0.29, 0.717) is 0 Å². The van der Waals surface area contributed by atoms with Gasteiger partial charge in [0.25, 0.3) is 11.6 Å². The molecule has 10 heteroatoms. The Labute approximate surface area is 151 Å². The first-order chi connectivity index (χ1) is 11.7. The highest BCUT2D eigenvalue weighted by molar-refractivity contribution is 6.35. The molecule has 0 radical (unpaired) electrons. The molecule has 0 aromatic heterocycles. The van der Waals surface area contributed by atoms with E-state index in [2.05, 4.69) is 5.32 Å². The summed E-state index contributed by atoms with van der Waals surface area (Å²) in [7, 11) is 1.29. The molecule has 0 saturated heterocycles. The number of nitro benzene ring substituents is 1. The largest absolute Gasteiger partial charge is 0.493 e. The Kier molecular flexibility index (Phi) is 5.45. The lowest BCUT2D eigenvalue weighted by Crippen LogP contribution is -2.14. The van der Waals surface area contributed by atoms with Crippen LogP contribution in [0.1, 0.15) is 20.7 Å². The van der Waals surface area contributed by atoms with E-state index < -0.39 is 16.8 Å². The number of carboxylic acid groups (broad SMARTS) is 1. The highest BCUT2D eigenvalue weighted by atomic mass is 35.5. The number of nitrogens with zero attached hydrogens (tertiary/aromatic N) is 1. The molecule has 0 atom stereocenters. The predicted octanol–water partition coefficient (Wildman–Crippen LogP) is 3.86. The van der Waals surface area contributed by atoms with Crippen molar-refractivity contribution in [1.29, 1.82) is 0 Å². The maximum Gasteiger partial charge on any atom is 0.335 e. The quantitative estimate of drug-likeness (QED) is 0.596. The summed E-state index contributed by atoms with van der Waals surface area (Å²) >= 11 is 11.9. The maximum atomic E-state index is 12.4. The van der Waals surface area contributed by atoms with Crippen molar-refractivity contribution in [2.24, 2.45) is 0 Å². The van der Waals surface area contributed by atoms with E-state index in [1.165, 1.54) is 19.2 Å². The third kappa shape index (κ3) is 3.98. The van der Waals surface area contributed by atoms with E-state index in [4.69, 9.17) is 33.0 Å². The lowest BCUT2D eigenvalue weighted by atomic mass is 10.1. The molecule has 25 heavy (non-hydrogen) atoms. The Balaban J connectivity index is 2.46. The summed E-state index contributed by atoms with van der Waals surface area (Å²) in [4.78, 5) is 33.7. The molecule has 0 spiro atoms. The highest BCUT2D eigenvalue weighted by Gasteiger charge is 2.20. The number of nitrogens with one attached hydrogen (secondary N) is 1. The standard InChI is InChI=1S/C15H10Cl2N2O6/c1-25-13-11(17)4-7(15(21)22)5-12(13)18-14(20)9-6-8(19(23)24)2-3-10(9)16/h2-6H,1H3,(H,18,20)(H,21,22). The van der Waals surface area contributed by atoms with Crippen LogP contribution in [0.3, 0.4) is 0 Å².